The summed E-state index contributed by atoms with van der Waals surface area (Å²) >= 11 is 0. The summed E-state index contributed by atoms with van der Waals surface area (Å²) in [5.41, 5.74) is 5.92. The molecule has 2 heterocycles. The van der Waals surface area contributed by atoms with E-state index in [4.69, 9.17) is 10.5 Å². The van der Waals surface area contributed by atoms with E-state index in [0.29, 0.717) is 19.6 Å². The minimum Gasteiger partial charge on any atom is -0.493 e. The van der Waals surface area contributed by atoms with Crippen LogP contribution in [0.15, 0.2) is 30.3 Å². The van der Waals surface area contributed by atoms with Crippen LogP contribution in [-0.2, 0) is 9.59 Å². The van der Waals surface area contributed by atoms with Gasteiger partial charge in [0.05, 0.1) is 18.9 Å². The first kappa shape index (κ1) is 21.5. The molecule has 150 valence electrons. The smallest absolute Gasteiger partial charge is 0.227 e. The van der Waals surface area contributed by atoms with E-state index in [0.717, 1.165) is 51.1 Å². The predicted octanol–water partition coefficient (Wildman–Crippen LogP) is 2.07. The van der Waals surface area contributed by atoms with Crippen molar-refractivity contribution in [1.29, 1.82) is 0 Å². The Balaban J connectivity index is 0.00000261. The van der Waals surface area contributed by atoms with Crippen molar-refractivity contribution in [3.05, 3.63) is 30.3 Å². The topological polar surface area (TPSA) is 75.9 Å². The Bertz CT molecular complexity index is 606. The number of carbonyl (C=O) groups excluding carboxylic acids is 2. The number of likely N-dealkylation sites (tertiary alicyclic amines) is 2. The van der Waals surface area contributed by atoms with E-state index in [1.54, 1.807) is 0 Å². The quantitative estimate of drug-likeness (QED) is 0.828. The lowest BCUT2D eigenvalue weighted by molar-refractivity contribution is -0.141. The lowest BCUT2D eigenvalue weighted by Gasteiger charge is -2.37. The van der Waals surface area contributed by atoms with Crippen LogP contribution in [-0.4, -0.2) is 60.4 Å². The lowest BCUT2D eigenvalue weighted by atomic mass is 9.94. The van der Waals surface area contributed by atoms with Gasteiger partial charge in [0.1, 0.15) is 5.75 Å². The van der Waals surface area contributed by atoms with E-state index < -0.39 is 0 Å². The van der Waals surface area contributed by atoms with Gasteiger partial charge in [-0.2, -0.15) is 0 Å². The van der Waals surface area contributed by atoms with Crippen molar-refractivity contribution >= 4 is 24.2 Å². The Kier molecular flexibility index (Phi) is 8.38. The third kappa shape index (κ3) is 6.11. The number of para-hydroxylation sites is 1. The van der Waals surface area contributed by atoms with Crippen LogP contribution < -0.4 is 10.5 Å². The van der Waals surface area contributed by atoms with Crippen LogP contribution in [0.2, 0.25) is 0 Å². The van der Waals surface area contributed by atoms with Crippen LogP contribution in [0.3, 0.4) is 0 Å². The maximum Gasteiger partial charge on any atom is 0.227 e. The van der Waals surface area contributed by atoms with Gasteiger partial charge in [-0.3, -0.25) is 9.59 Å². The van der Waals surface area contributed by atoms with Crippen LogP contribution in [0.4, 0.5) is 0 Å². The molecule has 0 aromatic heterocycles. The average Bonchev–Trinajstić information content (AvgIpc) is 2.69. The van der Waals surface area contributed by atoms with E-state index in [1.165, 1.54) is 0 Å². The second-order valence-electron chi connectivity index (χ2n) is 7.25. The molecule has 0 saturated carbocycles. The highest BCUT2D eigenvalue weighted by Crippen LogP contribution is 2.21. The molecule has 2 saturated heterocycles. The summed E-state index contributed by atoms with van der Waals surface area (Å²) in [7, 11) is 0. The Labute approximate surface area is 167 Å². The number of benzene rings is 1. The molecule has 0 aliphatic carbocycles. The van der Waals surface area contributed by atoms with Gasteiger partial charge in [-0.1, -0.05) is 18.2 Å². The Hall–Kier alpha value is -1.79. The largest absolute Gasteiger partial charge is 0.493 e. The minimum absolute atomic E-state index is 0. The summed E-state index contributed by atoms with van der Waals surface area (Å²) < 4.78 is 5.61. The van der Waals surface area contributed by atoms with Gasteiger partial charge in [0.2, 0.25) is 11.8 Å². The van der Waals surface area contributed by atoms with Crippen LogP contribution in [0.5, 0.6) is 5.75 Å². The van der Waals surface area contributed by atoms with Crippen molar-refractivity contribution in [2.24, 2.45) is 11.7 Å². The van der Waals surface area contributed by atoms with Gasteiger partial charge in [0.25, 0.3) is 0 Å². The maximum atomic E-state index is 12.7. The van der Waals surface area contributed by atoms with E-state index in [9.17, 15) is 9.59 Å². The molecule has 6 nitrogen and oxygen atoms in total. The number of carbonyl (C=O) groups is 2. The molecule has 27 heavy (non-hydrogen) atoms. The lowest BCUT2D eigenvalue weighted by Crippen LogP contribution is -2.50. The normalized spacial score (nSPS) is 20.7. The molecule has 2 fully saturated rings. The van der Waals surface area contributed by atoms with E-state index in [1.807, 2.05) is 40.1 Å². The van der Waals surface area contributed by atoms with Crippen LogP contribution in [0.1, 0.15) is 32.1 Å². The molecular formula is C20H30ClN3O3. The summed E-state index contributed by atoms with van der Waals surface area (Å²) in [5, 5.41) is 0. The van der Waals surface area contributed by atoms with Crippen molar-refractivity contribution in [3.63, 3.8) is 0 Å². The Morgan fingerprint density at radius 1 is 1.04 bits per heavy atom. The van der Waals surface area contributed by atoms with Crippen molar-refractivity contribution < 1.29 is 14.3 Å². The first-order valence-electron chi connectivity index (χ1n) is 9.63. The highest BCUT2D eigenvalue weighted by molar-refractivity contribution is 5.85. The molecule has 1 aromatic carbocycles. The molecule has 0 spiro atoms. The van der Waals surface area contributed by atoms with Crippen LogP contribution in [0, 0.1) is 5.92 Å². The van der Waals surface area contributed by atoms with Crippen molar-refractivity contribution in [2.75, 3.05) is 32.8 Å². The van der Waals surface area contributed by atoms with Crippen molar-refractivity contribution in [3.8, 4) is 5.75 Å². The highest BCUT2D eigenvalue weighted by atomic mass is 35.5. The van der Waals surface area contributed by atoms with Crippen LogP contribution >= 0.6 is 12.4 Å². The number of rotatable bonds is 5. The van der Waals surface area contributed by atoms with E-state index in [2.05, 4.69) is 0 Å². The fourth-order valence-corrected chi connectivity index (χ4v) is 3.71. The number of amides is 2. The summed E-state index contributed by atoms with van der Waals surface area (Å²) in [6, 6.07) is 9.72. The maximum absolute atomic E-state index is 12.7. The first-order valence-corrected chi connectivity index (χ1v) is 9.63. The van der Waals surface area contributed by atoms with Crippen molar-refractivity contribution in [1.82, 2.24) is 9.80 Å². The molecule has 1 aromatic rings. The van der Waals surface area contributed by atoms with Gasteiger partial charge in [-0.25, -0.2) is 0 Å². The zero-order valence-electron chi connectivity index (χ0n) is 15.7. The molecule has 3 rings (SSSR count). The van der Waals surface area contributed by atoms with Crippen molar-refractivity contribution in [2.45, 2.75) is 38.1 Å². The Morgan fingerprint density at radius 3 is 2.44 bits per heavy atom. The standard InChI is InChI=1S/C20H29N3O3.ClH/c21-17-8-12-22(13-9-17)20(25)16-5-4-11-23(15-16)19(24)10-14-26-18-6-2-1-3-7-18;/h1-3,6-7,16-17H,4-5,8-15,21H2;1H. The van der Waals surface area contributed by atoms with Gasteiger partial charge in [0.15, 0.2) is 0 Å². The summed E-state index contributed by atoms with van der Waals surface area (Å²) in [5.74, 6) is 0.960. The number of ether oxygens (including phenoxy) is 1. The van der Waals surface area contributed by atoms with E-state index in [-0.39, 0.29) is 36.2 Å². The number of halogens is 1. The monoisotopic (exact) mass is 395 g/mol. The number of nitrogens with zero attached hydrogens (tertiary/aromatic N) is 2. The molecule has 7 heteroatoms. The third-order valence-corrected chi connectivity index (χ3v) is 5.30. The molecule has 0 radical (unpaired) electrons. The predicted molar refractivity (Wildman–Crippen MR) is 107 cm³/mol. The van der Waals surface area contributed by atoms with E-state index >= 15 is 0 Å². The summed E-state index contributed by atoms with van der Waals surface area (Å²) in [4.78, 5) is 29.0. The number of hydrogen-bond acceptors (Lipinski definition) is 4. The summed E-state index contributed by atoms with van der Waals surface area (Å²) in [6.45, 7) is 3.12. The second-order valence-corrected chi connectivity index (χ2v) is 7.25. The number of hydrogen-bond donors (Lipinski definition) is 1. The zero-order valence-corrected chi connectivity index (χ0v) is 16.5. The van der Waals surface area contributed by atoms with Gasteiger partial charge in [-0.15, -0.1) is 12.4 Å². The Morgan fingerprint density at radius 2 is 1.74 bits per heavy atom. The molecule has 0 bridgehead atoms. The highest BCUT2D eigenvalue weighted by Gasteiger charge is 2.32. The zero-order chi connectivity index (χ0) is 18.4. The molecule has 2 N–H and O–H groups in total. The fourth-order valence-electron chi connectivity index (χ4n) is 3.71. The van der Waals surface area contributed by atoms with Gasteiger partial charge in [-0.05, 0) is 37.8 Å². The van der Waals surface area contributed by atoms with Crippen LogP contribution in [0.25, 0.3) is 0 Å². The second kappa shape index (κ2) is 10.5. The van der Waals surface area contributed by atoms with Gasteiger partial charge < -0.3 is 20.3 Å². The fraction of sp³-hybridized carbons (Fsp3) is 0.600. The SMILES string of the molecule is Cl.NC1CCN(C(=O)C2CCCN(C(=O)CCOc3ccccc3)C2)CC1. The molecule has 1 unspecified atom stereocenters. The molecule has 2 amide bonds. The minimum atomic E-state index is -0.0722. The average molecular weight is 396 g/mol. The number of piperidine rings is 2. The third-order valence-electron chi connectivity index (χ3n) is 5.30. The number of nitrogens with two attached hydrogens (primary N) is 1. The molecular weight excluding hydrogens is 366 g/mol. The molecule has 2 aliphatic heterocycles. The summed E-state index contributed by atoms with van der Waals surface area (Å²) in [6.07, 6.45) is 3.84. The first-order chi connectivity index (χ1) is 12.6. The molecule has 2 aliphatic rings. The van der Waals surface area contributed by atoms with Gasteiger partial charge in [0, 0.05) is 32.2 Å². The molecule has 1 atom stereocenters. The van der Waals surface area contributed by atoms with Gasteiger partial charge >= 0.3 is 0 Å².